The lowest BCUT2D eigenvalue weighted by Gasteiger charge is -2.16. The molecule has 0 fully saturated rings. The first kappa shape index (κ1) is 13.1. The van der Waals surface area contributed by atoms with E-state index in [2.05, 4.69) is 15.5 Å². The molecule has 104 valence electrons. The number of nitrogens with one attached hydrogen (secondary N) is 1. The van der Waals surface area contributed by atoms with E-state index in [4.69, 9.17) is 4.42 Å². The largest absolute Gasteiger partial charge is 0.411 e. The molecule has 0 aliphatic carbocycles. The first-order valence-electron chi connectivity index (χ1n) is 6.51. The van der Waals surface area contributed by atoms with Gasteiger partial charge in [0.2, 0.25) is 12.3 Å². The van der Waals surface area contributed by atoms with Crippen LogP contribution in [0, 0.1) is 0 Å². The zero-order chi connectivity index (χ0) is 14.5. The Bertz CT molecular complexity index is 657. The Labute approximate surface area is 121 Å². The number of aromatic nitrogens is 2. The van der Waals surface area contributed by atoms with E-state index < -0.39 is 5.92 Å². The second-order valence-electron chi connectivity index (χ2n) is 4.49. The van der Waals surface area contributed by atoms with Crippen molar-refractivity contribution in [3.8, 4) is 0 Å². The molecule has 3 rings (SSSR count). The van der Waals surface area contributed by atoms with Crippen LogP contribution in [0.3, 0.4) is 0 Å². The summed E-state index contributed by atoms with van der Waals surface area (Å²) in [6.45, 7) is 0. The summed E-state index contributed by atoms with van der Waals surface area (Å²) in [4.78, 5) is 12.6. The highest BCUT2D eigenvalue weighted by Gasteiger charge is 2.23. The third kappa shape index (κ3) is 2.97. The van der Waals surface area contributed by atoms with E-state index in [0.29, 0.717) is 0 Å². The van der Waals surface area contributed by atoms with Crippen LogP contribution in [0.25, 0.3) is 0 Å². The number of anilines is 1. The van der Waals surface area contributed by atoms with Crippen molar-refractivity contribution in [2.45, 2.75) is 5.92 Å². The molecule has 1 N–H and O–H groups in total. The fourth-order valence-electron chi connectivity index (χ4n) is 2.19. The second-order valence-corrected chi connectivity index (χ2v) is 4.49. The van der Waals surface area contributed by atoms with Crippen LogP contribution in [-0.4, -0.2) is 16.1 Å². The minimum atomic E-state index is -0.431. The summed E-state index contributed by atoms with van der Waals surface area (Å²) < 4.78 is 4.97. The fraction of sp³-hybridized carbons (Fsp3) is 0.0625. The second kappa shape index (κ2) is 6.00. The molecule has 1 aromatic heterocycles. The smallest absolute Gasteiger partial charge is 0.322 e. The monoisotopic (exact) mass is 279 g/mol. The van der Waals surface area contributed by atoms with Gasteiger partial charge in [-0.05, 0) is 11.1 Å². The van der Waals surface area contributed by atoms with Crippen molar-refractivity contribution in [1.82, 2.24) is 10.2 Å². The summed E-state index contributed by atoms with van der Waals surface area (Å²) in [5.41, 5.74) is 1.81. The van der Waals surface area contributed by atoms with Crippen molar-refractivity contribution < 1.29 is 9.21 Å². The van der Waals surface area contributed by atoms with E-state index in [9.17, 15) is 4.79 Å². The number of hydrogen-bond donors (Lipinski definition) is 1. The number of benzene rings is 2. The molecule has 0 aliphatic rings. The zero-order valence-electron chi connectivity index (χ0n) is 11.1. The van der Waals surface area contributed by atoms with Gasteiger partial charge in [0, 0.05) is 0 Å². The quantitative estimate of drug-likeness (QED) is 0.797. The average Bonchev–Trinajstić information content (AvgIpc) is 3.02. The standard InChI is InChI=1S/C16H13N3O2/c20-15(18-16-19-17-11-21-16)14(12-7-3-1-4-8-12)13-9-5-2-6-10-13/h1-11,14H,(H,18,19,20). The fourth-order valence-corrected chi connectivity index (χ4v) is 2.19. The molecule has 1 heterocycles. The Morgan fingerprint density at radius 3 is 2.00 bits per heavy atom. The Morgan fingerprint density at radius 2 is 1.52 bits per heavy atom. The summed E-state index contributed by atoms with van der Waals surface area (Å²) in [6.07, 6.45) is 1.18. The van der Waals surface area contributed by atoms with Crippen molar-refractivity contribution in [3.63, 3.8) is 0 Å². The number of carbonyl (C=O) groups excluding carboxylic acids is 1. The summed E-state index contributed by atoms with van der Waals surface area (Å²) in [7, 11) is 0. The minimum Gasteiger partial charge on any atom is -0.411 e. The van der Waals surface area contributed by atoms with Gasteiger partial charge in [-0.1, -0.05) is 65.8 Å². The lowest BCUT2D eigenvalue weighted by molar-refractivity contribution is -0.116. The van der Waals surface area contributed by atoms with Gasteiger partial charge < -0.3 is 4.42 Å². The first-order valence-corrected chi connectivity index (χ1v) is 6.51. The minimum absolute atomic E-state index is 0.0943. The Morgan fingerprint density at radius 1 is 0.952 bits per heavy atom. The number of nitrogens with zero attached hydrogens (tertiary/aromatic N) is 2. The van der Waals surface area contributed by atoms with Crippen LogP contribution in [0.2, 0.25) is 0 Å². The first-order chi connectivity index (χ1) is 10.3. The Balaban J connectivity index is 1.95. The number of rotatable bonds is 4. The maximum Gasteiger partial charge on any atom is 0.322 e. The Kier molecular flexibility index (Phi) is 3.73. The van der Waals surface area contributed by atoms with Crippen LogP contribution < -0.4 is 5.32 Å². The summed E-state index contributed by atoms with van der Waals surface area (Å²) in [6, 6.07) is 19.2. The zero-order valence-corrected chi connectivity index (χ0v) is 11.1. The van der Waals surface area contributed by atoms with E-state index in [-0.39, 0.29) is 11.9 Å². The van der Waals surface area contributed by atoms with Crippen molar-refractivity contribution in [1.29, 1.82) is 0 Å². The average molecular weight is 279 g/mol. The van der Waals surface area contributed by atoms with Crippen LogP contribution in [0.15, 0.2) is 71.5 Å². The summed E-state index contributed by atoms with van der Waals surface area (Å²) in [5.74, 6) is -0.643. The SMILES string of the molecule is O=C(Nc1nnco1)C(c1ccccc1)c1ccccc1. The van der Waals surface area contributed by atoms with Gasteiger partial charge in [-0.2, -0.15) is 0 Å². The summed E-state index contributed by atoms with van der Waals surface area (Å²) >= 11 is 0. The van der Waals surface area contributed by atoms with Crippen molar-refractivity contribution >= 4 is 11.9 Å². The molecule has 0 atom stereocenters. The van der Waals surface area contributed by atoms with Crippen LogP contribution in [0.1, 0.15) is 17.0 Å². The van der Waals surface area contributed by atoms with E-state index in [1.165, 1.54) is 6.39 Å². The van der Waals surface area contributed by atoms with Gasteiger partial charge in [0.25, 0.3) is 0 Å². The lowest BCUT2D eigenvalue weighted by Crippen LogP contribution is -2.22. The molecule has 21 heavy (non-hydrogen) atoms. The van der Waals surface area contributed by atoms with Crippen LogP contribution in [-0.2, 0) is 4.79 Å². The summed E-state index contributed by atoms with van der Waals surface area (Å²) in [5, 5.41) is 9.87. The molecule has 0 saturated carbocycles. The predicted molar refractivity (Wildman–Crippen MR) is 77.7 cm³/mol. The number of carbonyl (C=O) groups is 1. The van der Waals surface area contributed by atoms with Crippen LogP contribution in [0.4, 0.5) is 6.01 Å². The molecule has 0 unspecified atom stereocenters. The number of hydrogen-bond acceptors (Lipinski definition) is 4. The van der Waals surface area contributed by atoms with E-state index in [0.717, 1.165) is 11.1 Å². The van der Waals surface area contributed by atoms with E-state index >= 15 is 0 Å². The molecule has 5 nitrogen and oxygen atoms in total. The molecule has 1 amide bonds. The van der Waals surface area contributed by atoms with Gasteiger partial charge in [-0.25, -0.2) is 0 Å². The predicted octanol–water partition coefficient (Wildman–Crippen LogP) is 2.84. The third-order valence-corrected chi connectivity index (χ3v) is 3.12. The van der Waals surface area contributed by atoms with Crippen LogP contribution >= 0.6 is 0 Å². The van der Waals surface area contributed by atoms with Crippen molar-refractivity contribution in [2.24, 2.45) is 0 Å². The van der Waals surface area contributed by atoms with Gasteiger partial charge in [0.15, 0.2) is 0 Å². The molecular weight excluding hydrogens is 266 g/mol. The molecule has 5 heteroatoms. The third-order valence-electron chi connectivity index (χ3n) is 3.12. The maximum absolute atomic E-state index is 12.6. The molecule has 0 saturated heterocycles. The normalized spacial score (nSPS) is 10.5. The molecule has 0 radical (unpaired) electrons. The molecule has 2 aromatic carbocycles. The van der Waals surface area contributed by atoms with Gasteiger partial charge in [-0.3, -0.25) is 10.1 Å². The lowest BCUT2D eigenvalue weighted by atomic mass is 9.90. The Hall–Kier alpha value is -2.95. The number of amides is 1. The molecule has 0 bridgehead atoms. The van der Waals surface area contributed by atoms with Crippen molar-refractivity contribution in [3.05, 3.63) is 78.2 Å². The highest BCUT2D eigenvalue weighted by molar-refractivity contribution is 5.96. The molecule has 3 aromatic rings. The van der Waals surface area contributed by atoms with Gasteiger partial charge in [0.1, 0.15) is 0 Å². The van der Waals surface area contributed by atoms with E-state index in [1.54, 1.807) is 0 Å². The molecule has 0 spiro atoms. The molecular formula is C16H13N3O2. The topological polar surface area (TPSA) is 68.0 Å². The maximum atomic E-state index is 12.6. The van der Waals surface area contributed by atoms with Crippen molar-refractivity contribution in [2.75, 3.05) is 5.32 Å². The molecule has 0 aliphatic heterocycles. The van der Waals surface area contributed by atoms with E-state index in [1.807, 2.05) is 60.7 Å². The van der Waals surface area contributed by atoms with Crippen LogP contribution in [0.5, 0.6) is 0 Å². The highest BCUT2D eigenvalue weighted by Crippen LogP contribution is 2.25. The highest BCUT2D eigenvalue weighted by atomic mass is 16.4. The van der Waals surface area contributed by atoms with Gasteiger partial charge >= 0.3 is 6.01 Å². The van der Waals surface area contributed by atoms with Gasteiger partial charge in [0.05, 0.1) is 5.92 Å². The van der Waals surface area contributed by atoms with Gasteiger partial charge in [-0.15, -0.1) is 5.10 Å².